The summed E-state index contributed by atoms with van der Waals surface area (Å²) in [6.07, 6.45) is 1.61. The average molecular weight is 454 g/mol. The molecule has 0 saturated carbocycles. The molecule has 32 heavy (non-hydrogen) atoms. The first-order valence-electron chi connectivity index (χ1n) is 9.22. The third kappa shape index (κ3) is 5.70. The number of rotatable bonds is 9. The number of amides is 1. The number of hydrogen-bond donors (Lipinski definition) is 1. The third-order valence-electron chi connectivity index (χ3n) is 4.10. The van der Waals surface area contributed by atoms with Crippen LogP contribution < -0.4 is 14.2 Å². The SMILES string of the molecule is C=CCOc1cccc(NC(=O)c2ccc(OS(=O)(=O)c3cccc([N+](=O)[O-])c3)cc2)c1. The molecule has 1 N–H and O–H groups in total. The Morgan fingerprint density at radius 2 is 1.75 bits per heavy atom. The van der Waals surface area contributed by atoms with Gasteiger partial charge in [-0.3, -0.25) is 14.9 Å². The Labute approximate surface area is 184 Å². The average Bonchev–Trinajstić information content (AvgIpc) is 2.78. The van der Waals surface area contributed by atoms with Crippen molar-refractivity contribution in [1.82, 2.24) is 0 Å². The van der Waals surface area contributed by atoms with E-state index >= 15 is 0 Å². The monoisotopic (exact) mass is 454 g/mol. The molecule has 0 aliphatic rings. The number of anilines is 1. The Kier molecular flexibility index (Phi) is 6.86. The molecule has 0 atom stereocenters. The molecule has 10 heteroatoms. The fourth-order valence-corrected chi connectivity index (χ4v) is 3.58. The molecular weight excluding hydrogens is 436 g/mol. The van der Waals surface area contributed by atoms with E-state index in [2.05, 4.69) is 11.9 Å². The molecule has 0 fully saturated rings. The number of nitro benzene ring substituents is 1. The summed E-state index contributed by atoms with van der Waals surface area (Å²) in [7, 11) is -4.29. The van der Waals surface area contributed by atoms with Gasteiger partial charge >= 0.3 is 10.1 Å². The highest BCUT2D eigenvalue weighted by molar-refractivity contribution is 7.87. The molecule has 0 aliphatic carbocycles. The molecule has 0 heterocycles. The lowest BCUT2D eigenvalue weighted by Crippen LogP contribution is -2.13. The molecule has 0 spiro atoms. The Balaban J connectivity index is 1.69. The minimum Gasteiger partial charge on any atom is -0.489 e. The summed E-state index contributed by atoms with van der Waals surface area (Å²) < 4.78 is 35.2. The summed E-state index contributed by atoms with van der Waals surface area (Å²) >= 11 is 0. The first kappa shape index (κ1) is 22.5. The second kappa shape index (κ2) is 9.75. The highest BCUT2D eigenvalue weighted by Crippen LogP contribution is 2.23. The molecule has 0 radical (unpaired) electrons. The van der Waals surface area contributed by atoms with Crippen molar-refractivity contribution in [2.45, 2.75) is 4.90 Å². The quantitative estimate of drug-likeness (QED) is 0.222. The molecule has 0 bridgehead atoms. The van der Waals surface area contributed by atoms with Gasteiger partial charge in [-0.2, -0.15) is 8.42 Å². The molecule has 0 aromatic heterocycles. The van der Waals surface area contributed by atoms with Crippen LogP contribution in [0.4, 0.5) is 11.4 Å². The van der Waals surface area contributed by atoms with Gasteiger partial charge in [0, 0.05) is 29.4 Å². The van der Waals surface area contributed by atoms with Gasteiger partial charge in [-0.15, -0.1) is 0 Å². The van der Waals surface area contributed by atoms with Gasteiger partial charge in [-0.1, -0.05) is 24.8 Å². The van der Waals surface area contributed by atoms with E-state index in [-0.39, 0.29) is 21.9 Å². The largest absolute Gasteiger partial charge is 0.489 e. The molecule has 1 amide bonds. The lowest BCUT2D eigenvalue weighted by molar-refractivity contribution is -0.385. The molecule has 3 aromatic carbocycles. The summed E-state index contributed by atoms with van der Waals surface area (Å²) in [5.74, 6) is 0.102. The Morgan fingerprint density at radius 1 is 1.03 bits per heavy atom. The smallest absolute Gasteiger partial charge is 0.339 e. The highest BCUT2D eigenvalue weighted by Gasteiger charge is 2.20. The zero-order valence-electron chi connectivity index (χ0n) is 16.6. The van der Waals surface area contributed by atoms with Crippen molar-refractivity contribution >= 4 is 27.4 Å². The molecule has 3 aromatic rings. The summed E-state index contributed by atoms with van der Waals surface area (Å²) in [6.45, 7) is 3.91. The fourth-order valence-electron chi connectivity index (χ4n) is 2.61. The molecule has 3 rings (SSSR count). The number of non-ortho nitro benzene ring substituents is 1. The van der Waals surface area contributed by atoms with Gasteiger partial charge < -0.3 is 14.2 Å². The van der Waals surface area contributed by atoms with Crippen LogP contribution in [0.15, 0.2) is 90.3 Å². The standard InChI is InChI=1S/C22H18N2O7S/c1-2-13-30-20-7-3-5-17(14-20)23-22(25)16-9-11-19(12-10-16)31-32(28,29)21-8-4-6-18(15-21)24(26)27/h2-12,14-15H,1,13H2,(H,23,25). The lowest BCUT2D eigenvalue weighted by atomic mass is 10.2. The minimum atomic E-state index is -4.29. The van der Waals surface area contributed by atoms with Crippen molar-refractivity contribution in [3.8, 4) is 11.5 Å². The van der Waals surface area contributed by atoms with Crippen LogP contribution in [0.5, 0.6) is 11.5 Å². The fraction of sp³-hybridized carbons (Fsp3) is 0.0455. The van der Waals surface area contributed by atoms with Crippen LogP contribution in [0, 0.1) is 10.1 Å². The lowest BCUT2D eigenvalue weighted by Gasteiger charge is -2.09. The van der Waals surface area contributed by atoms with Crippen LogP contribution in [-0.2, 0) is 10.1 Å². The van der Waals surface area contributed by atoms with Crippen molar-refractivity contribution in [1.29, 1.82) is 0 Å². The second-order valence-corrected chi connectivity index (χ2v) is 7.94. The maximum Gasteiger partial charge on any atom is 0.339 e. The van der Waals surface area contributed by atoms with Gasteiger partial charge in [0.1, 0.15) is 23.0 Å². The second-order valence-electron chi connectivity index (χ2n) is 6.40. The topological polar surface area (TPSA) is 125 Å². The summed E-state index contributed by atoms with van der Waals surface area (Å²) in [4.78, 5) is 22.3. The van der Waals surface area contributed by atoms with E-state index in [9.17, 15) is 23.3 Å². The number of carbonyl (C=O) groups excluding carboxylic acids is 1. The number of nitrogens with one attached hydrogen (secondary N) is 1. The number of nitro groups is 1. The van der Waals surface area contributed by atoms with E-state index < -0.39 is 20.9 Å². The normalized spacial score (nSPS) is 10.8. The highest BCUT2D eigenvalue weighted by atomic mass is 32.2. The predicted octanol–water partition coefficient (Wildman–Crippen LogP) is 4.18. The van der Waals surface area contributed by atoms with Crippen LogP contribution in [0.3, 0.4) is 0 Å². The maximum atomic E-state index is 12.5. The van der Waals surface area contributed by atoms with Gasteiger partial charge in [-0.25, -0.2) is 0 Å². The molecule has 0 saturated heterocycles. The van der Waals surface area contributed by atoms with Crippen molar-refractivity contribution in [3.05, 3.63) is 101 Å². The Hall–Kier alpha value is -4.18. The first-order valence-corrected chi connectivity index (χ1v) is 10.6. The van der Waals surface area contributed by atoms with Crippen LogP contribution in [0.25, 0.3) is 0 Å². The van der Waals surface area contributed by atoms with Crippen molar-refractivity contribution in [2.75, 3.05) is 11.9 Å². The van der Waals surface area contributed by atoms with Crippen molar-refractivity contribution in [2.24, 2.45) is 0 Å². The van der Waals surface area contributed by atoms with Gasteiger partial charge in [0.25, 0.3) is 11.6 Å². The third-order valence-corrected chi connectivity index (χ3v) is 5.34. The van der Waals surface area contributed by atoms with Crippen molar-refractivity contribution in [3.63, 3.8) is 0 Å². The van der Waals surface area contributed by atoms with Gasteiger partial charge in [-0.05, 0) is 42.5 Å². The Morgan fingerprint density at radius 3 is 2.44 bits per heavy atom. The van der Waals surface area contributed by atoms with Crippen LogP contribution in [-0.4, -0.2) is 25.9 Å². The number of ether oxygens (including phenoxy) is 1. The number of carbonyl (C=O) groups is 1. The Bertz CT molecular complexity index is 1260. The summed E-state index contributed by atoms with van der Waals surface area (Å²) in [6, 6.07) is 16.8. The first-order chi connectivity index (χ1) is 15.3. The van der Waals surface area contributed by atoms with E-state index in [4.69, 9.17) is 8.92 Å². The van der Waals surface area contributed by atoms with Crippen LogP contribution in [0.1, 0.15) is 10.4 Å². The molecule has 0 aliphatic heterocycles. The number of hydrogen-bond acceptors (Lipinski definition) is 7. The zero-order chi connectivity index (χ0) is 23.1. The number of nitrogens with zero attached hydrogens (tertiary/aromatic N) is 1. The summed E-state index contributed by atoms with van der Waals surface area (Å²) in [5.41, 5.74) is 0.410. The minimum absolute atomic E-state index is 0.0483. The predicted molar refractivity (Wildman–Crippen MR) is 117 cm³/mol. The van der Waals surface area contributed by atoms with Gasteiger partial charge in [0.15, 0.2) is 0 Å². The van der Waals surface area contributed by atoms with E-state index in [1.54, 1.807) is 30.3 Å². The van der Waals surface area contributed by atoms with E-state index in [0.29, 0.717) is 18.0 Å². The zero-order valence-corrected chi connectivity index (χ0v) is 17.4. The molecule has 164 valence electrons. The molecule has 9 nitrogen and oxygen atoms in total. The van der Waals surface area contributed by atoms with Gasteiger partial charge in [0.2, 0.25) is 0 Å². The van der Waals surface area contributed by atoms with Gasteiger partial charge in [0.05, 0.1) is 4.92 Å². The number of benzene rings is 3. The van der Waals surface area contributed by atoms with E-state index in [0.717, 1.165) is 6.07 Å². The van der Waals surface area contributed by atoms with Crippen molar-refractivity contribution < 1.29 is 27.1 Å². The summed E-state index contributed by atoms with van der Waals surface area (Å²) in [5, 5.41) is 13.6. The van der Waals surface area contributed by atoms with Crippen LogP contribution >= 0.6 is 0 Å². The molecular formula is C22H18N2O7S. The molecule has 0 unspecified atom stereocenters. The maximum absolute atomic E-state index is 12.5. The van der Waals surface area contributed by atoms with Crippen LogP contribution in [0.2, 0.25) is 0 Å². The van der Waals surface area contributed by atoms with E-state index in [1.807, 2.05) is 0 Å². The van der Waals surface area contributed by atoms with E-state index in [1.165, 1.54) is 42.5 Å².